The minimum Gasteiger partial charge on any atom is -0.481 e. The third kappa shape index (κ3) is 3.60. The molecule has 3 nitrogen and oxygen atoms in total. The van der Waals surface area contributed by atoms with Crippen LogP contribution in [-0.4, -0.2) is 35.6 Å². The largest absolute Gasteiger partial charge is 0.481 e. The average molecular weight is 275 g/mol. The van der Waals surface area contributed by atoms with E-state index in [0.717, 1.165) is 13.1 Å². The second-order valence-corrected chi connectivity index (χ2v) is 5.88. The smallest absolute Gasteiger partial charge is 0.307 e. The highest BCUT2D eigenvalue weighted by molar-refractivity contribution is 5.69. The summed E-state index contributed by atoms with van der Waals surface area (Å²) in [5.74, 6) is -0.442. The Hall–Kier alpha value is -1.35. The Balaban J connectivity index is 2.03. The fourth-order valence-corrected chi connectivity index (χ4v) is 3.15. The molecule has 0 bridgehead atoms. The van der Waals surface area contributed by atoms with Gasteiger partial charge in [-0.05, 0) is 42.9 Å². The van der Waals surface area contributed by atoms with Crippen molar-refractivity contribution in [2.24, 2.45) is 5.92 Å². The number of fused-ring (bicyclic) bond motifs is 1. The molecular formula is C17H25NO2. The van der Waals surface area contributed by atoms with Crippen LogP contribution in [0.15, 0.2) is 24.3 Å². The van der Waals surface area contributed by atoms with Crippen molar-refractivity contribution in [2.45, 2.75) is 39.0 Å². The predicted octanol–water partition coefficient (Wildman–Crippen LogP) is 3.15. The first-order chi connectivity index (χ1) is 9.61. The van der Waals surface area contributed by atoms with Gasteiger partial charge in [0.25, 0.3) is 0 Å². The quantitative estimate of drug-likeness (QED) is 0.867. The van der Waals surface area contributed by atoms with Gasteiger partial charge in [0.1, 0.15) is 0 Å². The van der Waals surface area contributed by atoms with Gasteiger partial charge in [0.05, 0.1) is 5.92 Å². The molecule has 2 atom stereocenters. The van der Waals surface area contributed by atoms with Crippen molar-refractivity contribution in [3.8, 4) is 0 Å². The van der Waals surface area contributed by atoms with Gasteiger partial charge in [-0.3, -0.25) is 4.79 Å². The number of aryl methyl sites for hydroxylation is 1. The Morgan fingerprint density at radius 3 is 2.90 bits per heavy atom. The van der Waals surface area contributed by atoms with Crippen LogP contribution in [0.2, 0.25) is 0 Å². The fraction of sp³-hybridized carbons (Fsp3) is 0.588. The minimum atomic E-state index is -0.701. The summed E-state index contributed by atoms with van der Waals surface area (Å²) in [6.07, 6.45) is 3.65. The summed E-state index contributed by atoms with van der Waals surface area (Å²) in [6, 6.07) is 8.71. The number of benzene rings is 1. The van der Waals surface area contributed by atoms with Crippen LogP contribution in [0.5, 0.6) is 0 Å². The molecule has 0 aromatic heterocycles. The zero-order valence-electron chi connectivity index (χ0n) is 12.5. The summed E-state index contributed by atoms with van der Waals surface area (Å²) in [6.45, 7) is 6.44. The lowest BCUT2D eigenvalue weighted by Crippen LogP contribution is -2.35. The molecule has 3 heteroatoms. The molecule has 0 spiro atoms. The van der Waals surface area contributed by atoms with E-state index in [1.807, 2.05) is 0 Å². The molecule has 20 heavy (non-hydrogen) atoms. The number of carboxylic acid groups (broad SMARTS) is 1. The van der Waals surface area contributed by atoms with Crippen LogP contribution >= 0.6 is 0 Å². The Kier molecular flexibility index (Phi) is 5.18. The zero-order valence-corrected chi connectivity index (χ0v) is 12.5. The van der Waals surface area contributed by atoms with Crippen molar-refractivity contribution in [3.63, 3.8) is 0 Å². The molecule has 0 saturated heterocycles. The van der Waals surface area contributed by atoms with Crippen LogP contribution in [0.25, 0.3) is 0 Å². The second-order valence-electron chi connectivity index (χ2n) is 5.88. The SMILES string of the molecule is CCN(CC(C)C(=O)O)CC1CCCc2ccccc21. The van der Waals surface area contributed by atoms with E-state index >= 15 is 0 Å². The maximum atomic E-state index is 11.0. The molecule has 0 fully saturated rings. The van der Waals surface area contributed by atoms with Crippen LogP contribution in [-0.2, 0) is 11.2 Å². The van der Waals surface area contributed by atoms with Gasteiger partial charge in [-0.25, -0.2) is 0 Å². The summed E-state index contributed by atoms with van der Waals surface area (Å²) >= 11 is 0. The average Bonchev–Trinajstić information content (AvgIpc) is 2.46. The first kappa shape index (κ1) is 15.0. The van der Waals surface area contributed by atoms with E-state index in [-0.39, 0.29) is 5.92 Å². The maximum Gasteiger partial charge on any atom is 0.307 e. The lowest BCUT2D eigenvalue weighted by atomic mass is 9.82. The highest BCUT2D eigenvalue weighted by Gasteiger charge is 2.23. The highest BCUT2D eigenvalue weighted by Crippen LogP contribution is 2.32. The fourth-order valence-electron chi connectivity index (χ4n) is 3.15. The Labute approximate surface area is 121 Å². The lowest BCUT2D eigenvalue weighted by Gasteiger charge is -2.31. The van der Waals surface area contributed by atoms with E-state index in [4.69, 9.17) is 5.11 Å². The molecule has 1 N–H and O–H groups in total. The topological polar surface area (TPSA) is 40.5 Å². The van der Waals surface area contributed by atoms with Gasteiger partial charge >= 0.3 is 5.97 Å². The Morgan fingerprint density at radius 1 is 1.45 bits per heavy atom. The Morgan fingerprint density at radius 2 is 2.20 bits per heavy atom. The minimum absolute atomic E-state index is 0.297. The van der Waals surface area contributed by atoms with Crippen LogP contribution in [0, 0.1) is 5.92 Å². The van der Waals surface area contributed by atoms with Crippen molar-refractivity contribution >= 4 is 5.97 Å². The summed E-state index contributed by atoms with van der Waals surface area (Å²) < 4.78 is 0. The summed E-state index contributed by atoms with van der Waals surface area (Å²) in [5.41, 5.74) is 2.95. The van der Waals surface area contributed by atoms with Crippen molar-refractivity contribution in [2.75, 3.05) is 19.6 Å². The molecule has 0 amide bonds. The van der Waals surface area contributed by atoms with Crippen LogP contribution < -0.4 is 0 Å². The van der Waals surface area contributed by atoms with E-state index in [1.54, 1.807) is 6.92 Å². The van der Waals surface area contributed by atoms with Crippen LogP contribution in [0.4, 0.5) is 0 Å². The van der Waals surface area contributed by atoms with Crippen molar-refractivity contribution < 1.29 is 9.90 Å². The highest BCUT2D eigenvalue weighted by atomic mass is 16.4. The number of hydrogen-bond acceptors (Lipinski definition) is 2. The summed E-state index contributed by atoms with van der Waals surface area (Å²) in [7, 11) is 0. The van der Waals surface area contributed by atoms with Crippen molar-refractivity contribution in [1.29, 1.82) is 0 Å². The molecule has 2 rings (SSSR count). The molecular weight excluding hydrogens is 250 g/mol. The molecule has 0 heterocycles. The lowest BCUT2D eigenvalue weighted by molar-refractivity contribution is -0.141. The third-order valence-electron chi connectivity index (χ3n) is 4.37. The van der Waals surface area contributed by atoms with Crippen molar-refractivity contribution in [1.82, 2.24) is 4.90 Å². The molecule has 1 aromatic carbocycles. The van der Waals surface area contributed by atoms with E-state index in [0.29, 0.717) is 12.5 Å². The number of carboxylic acids is 1. The van der Waals surface area contributed by atoms with E-state index in [1.165, 1.54) is 30.4 Å². The second kappa shape index (κ2) is 6.89. The van der Waals surface area contributed by atoms with Gasteiger partial charge in [-0.2, -0.15) is 0 Å². The number of carbonyl (C=O) groups is 1. The first-order valence-corrected chi connectivity index (χ1v) is 7.64. The molecule has 2 unspecified atom stereocenters. The van der Waals surface area contributed by atoms with E-state index in [2.05, 4.69) is 36.1 Å². The molecule has 1 aliphatic carbocycles. The summed E-state index contributed by atoms with van der Waals surface area (Å²) in [4.78, 5) is 13.3. The number of aliphatic carboxylic acids is 1. The normalized spacial score (nSPS) is 19.6. The zero-order chi connectivity index (χ0) is 14.5. The maximum absolute atomic E-state index is 11.0. The van der Waals surface area contributed by atoms with Gasteiger partial charge in [0.2, 0.25) is 0 Å². The number of rotatable bonds is 6. The van der Waals surface area contributed by atoms with Gasteiger partial charge in [0.15, 0.2) is 0 Å². The van der Waals surface area contributed by atoms with Crippen LogP contribution in [0.1, 0.15) is 43.7 Å². The molecule has 110 valence electrons. The predicted molar refractivity (Wildman–Crippen MR) is 81.0 cm³/mol. The van der Waals surface area contributed by atoms with Crippen molar-refractivity contribution in [3.05, 3.63) is 35.4 Å². The Bertz CT molecular complexity index is 458. The van der Waals surface area contributed by atoms with Crippen LogP contribution in [0.3, 0.4) is 0 Å². The number of nitrogens with zero attached hydrogens (tertiary/aromatic N) is 1. The number of likely N-dealkylation sites (N-methyl/N-ethyl adjacent to an activating group) is 1. The molecule has 1 aliphatic rings. The van der Waals surface area contributed by atoms with Gasteiger partial charge < -0.3 is 10.0 Å². The molecule has 0 aliphatic heterocycles. The molecule has 1 aromatic rings. The van der Waals surface area contributed by atoms with E-state index < -0.39 is 5.97 Å². The van der Waals surface area contributed by atoms with Gasteiger partial charge in [0, 0.05) is 13.1 Å². The first-order valence-electron chi connectivity index (χ1n) is 7.64. The number of hydrogen-bond donors (Lipinski definition) is 1. The van der Waals surface area contributed by atoms with Gasteiger partial charge in [-0.15, -0.1) is 0 Å². The van der Waals surface area contributed by atoms with Gasteiger partial charge in [-0.1, -0.05) is 38.1 Å². The molecule has 0 saturated carbocycles. The van der Waals surface area contributed by atoms with E-state index in [9.17, 15) is 4.79 Å². The summed E-state index contributed by atoms with van der Waals surface area (Å²) in [5, 5.41) is 9.06. The standard InChI is InChI=1S/C17H25NO2/c1-3-18(11-13(2)17(19)20)12-15-9-6-8-14-7-4-5-10-16(14)15/h4-5,7,10,13,15H,3,6,8-9,11-12H2,1-2H3,(H,19,20). The monoisotopic (exact) mass is 275 g/mol. The third-order valence-corrected chi connectivity index (χ3v) is 4.37. The molecule has 0 radical (unpaired) electrons.